The molecule has 0 radical (unpaired) electrons. The van der Waals surface area contributed by atoms with Crippen molar-refractivity contribution in [3.05, 3.63) is 84.8 Å². The van der Waals surface area contributed by atoms with Gasteiger partial charge in [0, 0.05) is 74.1 Å². The molecule has 0 amide bonds. The number of carbonyl (C=O) groups excluding carboxylic acids is 1. The van der Waals surface area contributed by atoms with Crippen LogP contribution in [-0.2, 0) is 9.59 Å². The van der Waals surface area contributed by atoms with Crippen LogP contribution in [0.2, 0.25) is 0 Å². The normalized spacial score (nSPS) is 25.2. The molecule has 1 saturated heterocycles. The summed E-state index contributed by atoms with van der Waals surface area (Å²) in [5, 5.41) is 25.1. The van der Waals surface area contributed by atoms with Crippen molar-refractivity contribution in [2.45, 2.75) is 47.5 Å². The maximum absolute atomic E-state index is 13.7. The van der Waals surface area contributed by atoms with Crippen LogP contribution in [0.1, 0.15) is 80.7 Å². The molecule has 0 saturated carbocycles. The Labute approximate surface area is 242 Å². The molecule has 3 aliphatic rings. The van der Waals surface area contributed by atoms with Crippen molar-refractivity contribution >= 4 is 47.6 Å². The summed E-state index contributed by atoms with van der Waals surface area (Å²) in [5.41, 5.74) is 9.93. The van der Waals surface area contributed by atoms with E-state index < -0.39 is 23.6 Å². The fourth-order valence-corrected chi connectivity index (χ4v) is 6.79. The zero-order valence-electron chi connectivity index (χ0n) is 24.3. The maximum Gasteiger partial charge on any atom is 0.319 e. The Morgan fingerprint density at radius 3 is 2.17 bits per heavy atom. The van der Waals surface area contributed by atoms with Gasteiger partial charge in [0.05, 0.1) is 5.69 Å². The van der Waals surface area contributed by atoms with Gasteiger partial charge in [0.15, 0.2) is 5.78 Å². The van der Waals surface area contributed by atoms with Crippen molar-refractivity contribution in [1.29, 1.82) is 0 Å². The number of hydrogen-bond acceptors (Lipinski definition) is 4. The zero-order chi connectivity index (χ0) is 30.2. The summed E-state index contributed by atoms with van der Waals surface area (Å²) in [7, 11) is 0. The van der Waals surface area contributed by atoms with E-state index in [1.807, 2.05) is 45.9 Å². The zero-order valence-corrected chi connectivity index (χ0v) is 24.3. The smallest absolute Gasteiger partial charge is 0.319 e. The number of rotatable bonds is 5. The Morgan fingerprint density at radius 2 is 1.55 bits per heavy atom. The molecule has 0 spiro atoms. The SMILES string of the molecule is C=Cc1c2[nH]c(c1C)/C=C1\N/C(=C3\c4[nH]c(c(C)c4C(=O)[C@@H]3C(=O)O)/C=c3\[nH]/c(c(C)c3C)=C\2)[C@@H](CCC(=O)O)[C@@H]1C. The molecule has 8 bridgehead atoms. The van der Waals surface area contributed by atoms with E-state index >= 15 is 0 Å². The number of Topliss-reactive ketones (excluding diaryl/α,β-unsaturated/α-hetero) is 1. The number of carboxylic acid groups (broad SMARTS) is 2. The molecule has 6 rings (SSSR count). The molecule has 3 aromatic rings. The molecule has 2 aliphatic heterocycles. The maximum atomic E-state index is 13.7. The van der Waals surface area contributed by atoms with Crippen LogP contribution in [0, 0.1) is 45.4 Å². The summed E-state index contributed by atoms with van der Waals surface area (Å²) in [6.07, 6.45) is 8.07. The van der Waals surface area contributed by atoms with E-state index in [1.54, 1.807) is 0 Å². The highest BCUT2D eigenvalue weighted by atomic mass is 16.4. The first-order valence-corrected chi connectivity index (χ1v) is 14.1. The van der Waals surface area contributed by atoms with E-state index in [0.29, 0.717) is 33.8 Å². The van der Waals surface area contributed by atoms with Gasteiger partial charge in [-0.1, -0.05) is 19.6 Å². The first-order valence-electron chi connectivity index (χ1n) is 14.1. The van der Waals surface area contributed by atoms with E-state index in [2.05, 4.69) is 39.8 Å². The number of carbonyl (C=O) groups is 3. The molecule has 9 nitrogen and oxygen atoms in total. The number of aliphatic carboxylic acids is 2. The van der Waals surface area contributed by atoms with Crippen LogP contribution in [-0.4, -0.2) is 42.9 Å². The molecule has 42 heavy (non-hydrogen) atoms. The Balaban J connectivity index is 1.73. The summed E-state index contributed by atoms with van der Waals surface area (Å²) in [6, 6.07) is 0. The van der Waals surface area contributed by atoms with E-state index in [-0.39, 0.29) is 24.7 Å². The highest BCUT2D eigenvalue weighted by molar-refractivity contribution is 6.24. The molecule has 1 fully saturated rings. The Hall–Kier alpha value is -4.79. The van der Waals surface area contributed by atoms with Gasteiger partial charge < -0.3 is 30.5 Å². The van der Waals surface area contributed by atoms with E-state index in [9.17, 15) is 24.6 Å². The summed E-state index contributed by atoms with van der Waals surface area (Å²) < 4.78 is 0. The van der Waals surface area contributed by atoms with Gasteiger partial charge in [0.2, 0.25) is 0 Å². The number of H-pyrrole nitrogens is 3. The van der Waals surface area contributed by atoms with Crippen molar-refractivity contribution in [2.75, 3.05) is 0 Å². The van der Waals surface area contributed by atoms with Gasteiger partial charge in [-0.05, 0) is 74.6 Å². The lowest BCUT2D eigenvalue weighted by Gasteiger charge is -2.18. The van der Waals surface area contributed by atoms with Crippen molar-refractivity contribution < 1.29 is 24.6 Å². The van der Waals surface area contributed by atoms with Crippen LogP contribution < -0.4 is 16.0 Å². The van der Waals surface area contributed by atoms with Gasteiger partial charge in [-0.2, -0.15) is 0 Å². The number of fused-ring (bicyclic) bond motifs is 7. The van der Waals surface area contributed by atoms with E-state index in [0.717, 1.165) is 50.0 Å². The van der Waals surface area contributed by atoms with Gasteiger partial charge in [0.1, 0.15) is 5.92 Å². The van der Waals surface area contributed by atoms with Gasteiger partial charge in [-0.25, -0.2) is 0 Å². The lowest BCUT2D eigenvalue weighted by atomic mass is 9.85. The predicted molar refractivity (Wildman–Crippen MR) is 161 cm³/mol. The van der Waals surface area contributed by atoms with Crippen LogP contribution in [0.3, 0.4) is 0 Å². The fourth-order valence-electron chi connectivity index (χ4n) is 6.79. The molecule has 9 heteroatoms. The van der Waals surface area contributed by atoms with Crippen molar-refractivity contribution in [2.24, 2.45) is 17.8 Å². The first-order chi connectivity index (χ1) is 19.9. The Morgan fingerprint density at radius 1 is 0.905 bits per heavy atom. The third kappa shape index (κ3) is 3.94. The molecule has 6 N–H and O–H groups in total. The minimum absolute atomic E-state index is 0.0864. The second kappa shape index (κ2) is 9.65. The topological polar surface area (TPSA) is 151 Å². The van der Waals surface area contributed by atoms with Crippen LogP contribution >= 0.6 is 0 Å². The van der Waals surface area contributed by atoms with Crippen LogP contribution in [0.15, 0.2) is 18.0 Å². The second-order valence-electron chi connectivity index (χ2n) is 11.6. The second-order valence-corrected chi connectivity index (χ2v) is 11.6. The minimum Gasteiger partial charge on any atom is -0.481 e. The molecule has 1 aliphatic carbocycles. The Kier molecular flexibility index (Phi) is 6.29. The van der Waals surface area contributed by atoms with Crippen molar-refractivity contribution in [3.8, 4) is 0 Å². The fraction of sp³-hybridized carbons (Fsp3) is 0.303. The third-order valence-corrected chi connectivity index (χ3v) is 9.39. The predicted octanol–water partition coefficient (Wildman–Crippen LogP) is 3.89. The average Bonchev–Trinajstić information content (AvgIpc) is 3.66. The highest BCUT2D eigenvalue weighted by Gasteiger charge is 2.48. The number of carboxylic acids is 2. The number of aromatic amines is 3. The quantitative estimate of drug-likeness (QED) is 0.258. The summed E-state index contributed by atoms with van der Waals surface area (Å²) in [5.74, 6) is -4.50. The Bertz CT molecular complexity index is 1930. The van der Waals surface area contributed by atoms with E-state index in [4.69, 9.17) is 0 Å². The average molecular weight is 567 g/mol. The summed E-state index contributed by atoms with van der Waals surface area (Å²) >= 11 is 0. The lowest BCUT2D eigenvalue weighted by Crippen LogP contribution is -2.23. The molecule has 3 atom stereocenters. The molecule has 0 unspecified atom stereocenters. The highest BCUT2D eigenvalue weighted by Crippen LogP contribution is 2.48. The largest absolute Gasteiger partial charge is 0.481 e. The lowest BCUT2D eigenvalue weighted by molar-refractivity contribution is -0.139. The summed E-state index contributed by atoms with van der Waals surface area (Å²) in [4.78, 5) is 48.4. The number of hydrogen-bond donors (Lipinski definition) is 6. The standard InChI is InChI=1S/C33H34N4O5/c1-7-18-15(4)22-11-23-16(5)19(8-9-26(38)39)30(36-23)28-29(33(41)42)32(40)27-17(6)24(37-31(27)28)10-20-13(2)14(3)21(34-20)12-25(18)35-22/h7,10-12,16,19,29,34-37H,1,8-9H2,2-6H3,(H,38,39)(H,41,42)/b20-10-,21-12-,23-11-,30-28-/t16-,19-,29+/m0/s1. The molecule has 0 aromatic carbocycles. The van der Waals surface area contributed by atoms with Crippen molar-refractivity contribution in [3.63, 3.8) is 0 Å². The number of aromatic nitrogens is 3. The molecular formula is C33H34N4O5. The van der Waals surface area contributed by atoms with Gasteiger partial charge in [0.25, 0.3) is 0 Å². The molecular weight excluding hydrogens is 532 g/mol. The monoisotopic (exact) mass is 566 g/mol. The number of allylic oxidation sites excluding steroid dienone is 2. The molecule has 216 valence electrons. The van der Waals surface area contributed by atoms with Crippen LogP contribution in [0.25, 0.3) is 29.9 Å². The van der Waals surface area contributed by atoms with Gasteiger partial charge in [-0.15, -0.1) is 0 Å². The van der Waals surface area contributed by atoms with Gasteiger partial charge in [-0.3, -0.25) is 14.4 Å². The van der Waals surface area contributed by atoms with Crippen LogP contribution in [0.5, 0.6) is 0 Å². The minimum atomic E-state index is -1.39. The van der Waals surface area contributed by atoms with Crippen LogP contribution in [0.4, 0.5) is 0 Å². The van der Waals surface area contributed by atoms with Crippen molar-refractivity contribution in [1.82, 2.24) is 20.3 Å². The summed E-state index contributed by atoms with van der Waals surface area (Å²) in [6.45, 7) is 14.0. The molecule has 5 heterocycles. The van der Waals surface area contributed by atoms with E-state index in [1.165, 1.54) is 0 Å². The van der Waals surface area contributed by atoms with Gasteiger partial charge >= 0.3 is 11.9 Å². The number of nitrogens with one attached hydrogen (secondary N) is 4. The molecule has 3 aromatic heterocycles. The number of ketones is 1. The first kappa shape index (κ1) is 27.4. The third-order valence-electron chi connectivity index (χ3n) is 9.39.